The topological polar surface area (TPSA) is 28.2 Å². The van der Waals surface area contributed by atoms with Crippen LogP contribution >= 0.6 is 35.2 Å². The minimum absolute atomic E-state index is 0.525. The molecule has 2 aromatic carbocycles. The fraction of sp³-hybridized carbons (Fsp3) is 0.263. The summed E-state index contributed by atoms with van der Waals surface area (Å²) in [6.07, 6.45) is 2.15. The van der Waals surface area contributed by atoms with Crippen LogP contribution in [0.3, 0.4) is 0 Å². The molecule has 0 saturated carbocycles. The molecular formula is C19H18ClN3S2. The standard InChI is InChI=1S/C19H18ClN3S2/c20-14-5-1-2-6-15(14)22-19(24)23-11-9-13(10-12-23)18-21-16-7-3-4-8-17(16)25-18/h1-8,13H,9-12H2,(H,22,24). The average Bonchev–Trinajstić information content (AvgIpc) is 3.08. The summed E-state index contributed by atoms with van der Waals surface area (Å²) in [6, 6.07) is 16.0. The number of anilines is 1. The molecule has 1 fully saturated rings. The quantitative estimate of drug-likeness (QED) is 0.585. The zero-order valence-electron chi connectivity index (χ0n) is 13.6. The van der Waals surface area contributed by atoms with E-state index in [0.29, 0.717) is 10.9 Å². The van der Waals surface area contributed by atoms with Gasteiger partial charge in [0.2, 0.25) is 0 Å². The first kappa shape index (κ1) is 16.8. The van der Waals surface area contributed by atoms with Gasteiger partial charge in [-0.15, -0.1) is 11.3 Å². The Morgan fingerprint density at radius 1 is 1.12 bits per heavy atom. The number of nitrogens with zero attached hydrogens (tertiary/aromatic N) is 2. The van der Waals surface area contributed by atoms with Crippen molar-refractivity contribution in [2.45, 2.75) is 18.8 Å². The molecule has 1 aromatic heterocycles. The van der Waals surface area contributed by atoms with E-state index < -0.39 is 0 Å². The number of nitrogens with one attached hydrogen (secondary N) is 1. The zero-order chi connectivity index (χ0) is 17.2. The molecule has 1 saturated heterocycles. The first-order valence-corrected chi connectivity index (χ1v) is 9.97. The van der Waals surface area contributed by atoms with Crippen molar-refractivity contribution in [2.75, 3.05) is 18.4 Å². The normalized spacial score (nSPS) is 15.5. The number of halogens is 1. The number of para-hydroxylation sites is 2. The summed E-state index contributed by atoms with van der Waals surface area (Å²) in [5.74, 6) is 0.525. The third-order valence-electron chi connectivity index (χ3n) is 4.56. The Morgan fingerprint density at radius 2 is 1.84 bits per heavy atom. The number of benzene rings is 2. The minimum Gasteiger partial charge on any atom is -0.349 e. The maximum atomic E-state index is 6.20. The van der Waals surface area contributed by atoms with Crippen LogP contribution in [0.4, 0.5) is 5.69 Å². The van der Waals surface area contributed by atoms with Gasteiger partial charge >= 0.3 is 0 Å². The summed E-state index contributed by atoms with van der Waals surface area (Å²) in [5.41, 5.74) is 1.98. The van der Waals surface area contributed by atoms with Crippen molar-refractivity contribution in [1.82, 2.24) is 9.88 Å². The molecule has 25 heavy (non-hydrogen) atoms. The van der Waals surface area contributed by atoms with Crippen LogP contribution in [0, 0.1) is 0 Å². The Morgan fingerprint density at radius 3 is 2.60 bits per heavy atom. The molecular weight excluding hydrogens is 370 g/mol. The molecule has 3 aromatic rings. The zero-order valence-corrected chi connectivity index (χ0v) is 16.0. The van der Waals surface area contributed by atoms with Crippen LogP contribution in [0.1, 0.15) is 23.8 Å². The SMILES string of the molecule is S=C(Nc1ccccc1Cl)N1CCC(c2nc3ccccc3s2)CC1. The third kappa shape index (κ3) is 3.64. The van der Waals surface area contributed by atoms with E-state index in [4.69, 9.17) is 28.8 Å². The maximum absolute atomic E-state index is 6.20. The highest BCUT2D eigenvalue weighted by molar-refractivity contribution is 7.80. The predicted molar refractivity (Wildman–Crippen MR) is 111 cm³/mol. The number of fused-ring (bicyclic) bond motifs is 1. The monoisotopic (exact) mass is 387 g/mol. The largest absolute Gasteiger partial charge is 0.349 e. The lowest BCUT2D eigenvalue weighted by Crippen LogP contribution is -2.40. The highest BCUT2D eigenvalue weighted by Crippen LogP contribution is 2.34. The van der Waals surface area contributed by atoms with E-state index in [0.717, 1.165) is 42.2 Å². The number of aromatic nitrogens is 1. The number of thiazole rings is 1. The summed E-state index contributed by atoms with van der Waals surface area (Å²) in [6.45, 7) is 1.88. The molecule has 0 radical (unpaired) electrons. The number of piperidine rings is 1. The van der Waals surface area contributed by atoms with Gasteiger partial charge in [0, 0.05) is 19.0 Å². The maximum Gasteiger partial charge on any atom is 0.173 e. The van der Waals surface area contributed by atoms with Gasteiger partial charge in [-0.05, 0) is 49.3 Å². The van der Waals surface area contributed by atoms with Gasteiger partial charge in [0.15, 0.2) is 5.11 Å². The van der Waals surface area contributed by atoms with E-state index in [1.54, 1.807) is 0 Å². The molecule has 2 heterocycles. The molecule has 6 heteroatoms. The number of thiocarbonyl (C=S) groups is 1. The first-order valence-electron chi connectivity index (χ1n) is 8.36. The molecule has 1 aliphatic heterocycles. The van der Waals surface area contributed by atoms with Crippen molar-refractivity contribution >= 4 is 56.2 Å². The Kier molecular flexibility index (Phi) is 4.88. The van der Waals surface area contributed by atoms with E-state index in [2.05, 4.69) is 28.4 Å². The highest BCUT2D eigenvalue weighted by Gasteiger charge is 2.24. The van der Waals surface area contributed by atoms with Gasteiger partial charge in [0.25, 0.3) is 0 Å². The fourth-order valence-electron chi connectivity index (χ4n) is 3.15. The van der Waals surface area contributed by atoms with Gasteiger partial charge in [0.05, 0.1) is 25.9 Å². The van der Waals surface area contributed by atoms with E-state index in [9.17, 15) is 0 Å². The molecule has 128 valence electrons. The van der Waals surface area contributed by atoms with Gasteiger partial charge in [-0.3, -0.25) is 0 Å². The summed E-state index contributed by atoms with van der Waals surface area (Å²) >= 11 is 13.6. The van der Waals surface area contributed by atoms with Crippen LogP contribution < -0.4 is 5.32 Å². The van der Waals surface area contributed by atoms with Crippen LogP contribution in [0.5, 0.6) is 0 Å². The van der Waals surface area contributed by atoms with E-state index in [1.165, 1.54) is 9.71 Å². The molecule has 0 bridgehead atoms. The molecule has 1 aliphatic rings. The molecule has 1 N–H and O–H groups in total. The van der Waals surface area contributed by atoms with Gasteiger partial charge in [-0.1, -0.05) is 35.9 Å². The van der Waals surface area contributed by atoms with E-state index >= 15 is 0 Å². The molecule has 0 amide bonds. The first-order chi connectivity index (χ1) is 12.2. The smallest absolute Gasteiger partial charge is 0.173 e. The average molecular weight is 388 g/mol. The molecule has 0 atom stereocenters. The van der Waals surface area contributed by atoms with Crippen LogP contribution in [0.25, 0.3) is 10.2 Å². The molecule has 0 unspecified atom stereocenters. The molecule has 0 aliphatic carbocycles. The van der Waals surface area contributed by atoms with Crippen molar-refractivity contribution < 1.29 is 0 Å². The Bertz CT molecular complexity index is 867. The molecule has 0 spiro atoms. The summed E-state index contributed by atoms with van der Waals surface area (Å²) in [7, 11) is 0. The fourth-order valence-corrected chi connectivity index (χ4v) is 4.76. The summed E-state index contributed by atoms with van der Waals surface area (Å²) < 4.78 is 1.27. The van der Waals surface area contributed by atoms with Crippen LogP contribution in [0.2, 0.25) is 5.02 Å². The molecule has 4 rings (SSSR count). The van der Waals surface area contributed by atoms with Crippen LogP contribution in [0.15, 0.2) is 48.5 Å². The Balaban J connectivity index is 1.39. The number of hydrogen-bond acceptors (Lipinski definition) is 3. The van der Waals surface area contributed by atoms with Crippen molar-refractivity contribution in [3.8, 4) is 0 Å². The Labute approximate surface area is 161 Å². The second-order valence-electron chi connectivity index (χ2n) is 6.19. The highest BCUT2D eigenvalue weighted by atomic mass is 35.5. The number of rotatable bonds is 2. The van der Waals surface area contributed by atoms with Gasteiger partial charge < -0.3 is 10.2 Å². The third-order valence-corrected chi connectivity index (χ3v) is 6.45. The number of hydrogen-bond donors (Lipinski definition) is 1. The van der Waals surface area contributed by atoms with E-state index in [1.807, 2.05) is 41.7 Å². The molecule has 3 nitrogen and oxygen atoms in total. The lowest BCUT2D eigenvalue weighted by Gasteiger charge is -2.33. The second kappa shape index (κ2) is 7.28. The lowest BCUT2D eigenvalue weighted by molar-refractivity contribution is 0.316. The van der Waals surface area contributed by atoms with Crippen molar-refractivity contribution in [2.24, 2.45) is 0 Å². The summed E-state index contributed by atoms with van der Waals surface area (Å²) in [4.78, 5) is 7.04. The van der Waals surface area contributed by atoms with Gasteiger partial charge in [-0.2, -0.15) is 0 Å². The van der Waals surface area contributed by atoms with Crippen molar-refractivity contribution in [3.63, 3.8) is 0 Å². The predicted octanol–water partition coefficient (Wildman–Crippen LogP) is 5.53. The minimum atomic E-state index is 0.525. The summed E-state index contributed by atoms with van der Waals surface area (Å²) in [5, 5.41) is 5.96. The van der Waals surface area contributed by atoms with Crippen molar-refractivity contribution in [3.05, 3.63) is 58.6 Å². The van der Waals surface area contributed by atoms with Gasteiger partial charge in [0.1, 0.15) is 0 Å². The van der Waals surface area contributed by atoms with E-state index in [-0.39, 0.29) is 0 Å². The van der Waals surface area contributed by atoms with Gasteiger partial charge in [-0.25, -0.2) is 4.98 Å². The second-order valence-corrected chi connectivity index (χ2v) is 8.05. The van der Waals surface area contributed by atoms with Crippen LogP contribution in [-0.4, -0.2) is 28.1 Å². The lowest BCUT2D eigenvalue weighted by atomic mass is 9.98. The number of likely N-dealkylation sites (tertiary alicyclic amines) is 1. The Hall–Kier alpha value is -1.69. The van der Waals surface area contributed by atoms with Crippen molar-refractivity contribution in [1.29, 1.82) is 0 Å². The van der Waals surface area contributed by atoms with Crippen LogP contribution in [-0.2, 0) is 0 Å².